The van der Waals surface area contributed by atoms with Crippen molar-refractivity contribution in [1.82, 2.24) is 5.32 Å². The van der Waals surface area contributed by atoms with Crippen molar-refractivity contribution in [3.63, 3.8) is 0 Å². The van der Waals surface area contributed by atoms with E-state index in [-0.39, 0.29) is 19.6 Å². The van der Waals surface area contributed by atoms with Gasteiger partial charge in [0.25, 0.3) is 5.91 Å². The van der Waals surface area contributed by atoms with Crippen molar-refractivity contribution in [3.05, 3.63) is 41.9 Å². The molecule has 0 saturated carbocycles. The fourth-order valence-corrected chi connectivity index (χ4v) is 2.39. The number of nitrogens with one attached hydrogen (secondary N) is 1. The number of aryl methyl sites for hydroxylation is 1. The normalized spacial score (nSPS) is 10.2. The number of hydrogen-bond acceptors (Lipinski definition) is 7. The molecule has 1 heterocycles. The molecule has 27 heavy (non-hydrogen) atoms. The number of amides is 1. The summed E-state index contributed by atoms with van der Waals surface area (Å²) in [5.74, 6) is 1.26. The molecule has 0 bridgehead atoms. The van der Waals surface area contributed by atoms with Crippen LogP contribution in [0.3, 0.4) is 0 Å². The van der Waals surface area contributed by atoms with Crippen molar-refractivity contribution in [2.24, 2.45) is 0 Å². The summed E-state index contributed by atoms with van der Waals surface area (Å²) in [4.78, 5) is 23.6. The molecule has 0 atom stereocenters. The molecule has 0 spiro atoms. The van der Waals surface area contributed by atoms with Gasteiger partial charge in [-0.05, 0) is 36.2 Å². The van der Waals surface area contributed by atoms with E-state index in [1.54, 1.807) is 24.3 Å². The molecular formula is C19H23NO7. The highest BCUT2D eigenvalue weighted by Crippen LogP contribution is 2.38. The SMILES string of the molecule is COc1cc(CCC(=O)OCC(=O)NCc2ccco2)cc(OC)c1OC. The van der Waals surface area contributed by atoms with E-state index < -0.39 is 11.9 Å². The standard InChI is InChI=1S/C19H23NO7/c1-23-15-9-13(10-16(24-2)19(15)25-3)6-7-18(22)27-12-17(21)20-11-14-5-4-8-26-14/h4-5,8-10H,6-7,11-12H2,1-3H3,(H,20,21). The number of carbonyl (C=O) groups excluding carboxylic acids is 2. The largest absolute Gasteiger partial charge is 0.493 e. The Morgan fingerprint density at radius 1 is 1.07 bits per heavy atom. The van der Waals surface area contributed by atoms with E-state index in [0.717, 1.165) is 5.56 Å². The molecule has 0 unspecified atom stereocenters. The number of ether oxygens (including phenoxy) is 4. The van der Waals surface area contributed by atoms with Gasteiger partial charge in [-0.3, -0.25) is 9.59 Å². The highest BCUT2D eigenvalue weighted by Gasteiger charge is 2.14. The molecule has 0 aliphatic heterocycles. The maximum Gasteiger partial charge on any atom is 0.306 e. The number of furan rings is 1. The summed E-state index contributed by atoms with van der Waals surface area (Å²) in [6.45, 7) is -0.0936. The van der Waals surface area contributed by atoms with Crippen LogP contribution < -0.4 is 19.5 Å². The second-order valence-corrected chi connectivity index (χ2v) is 5.55. The van der Waals surface area contributed by atoms with E-state index in [9.17, 15) is 9.59 Å². The van der Waals surface area contributed by atoms with Crippen LogP contribution in [0, 0.1) is 0 Å². The third kappa shape index (κ3) is 5.95. The molecule has 8 nitrogen and oxygen atoms in total. The monoisotopic (exact) mass is 377 g/mol. The zero-order valence-electron chi connectivity index (χ0n) is 15.6. The number of carbonyl (C=O) groups is 2. The van der Waals surface area contributed by atoms with Gasteiger partial charge in [0.15, 0.2) is 18.1 Å². The maximum absolute atomic E-state index is 11.9. The third-order valence-corrected chi connectivity index (χ3v) is 3.75. The van der Waals surface area contributed by atoms with Gasteiger partial charge in [0, 0.05) is 6.42 Å². The van der Waals surface area contributed by atoms with Crippen molar-refractivity contribution >= 4 is 11.9 Å². The number of benzene rings is 1. The van der Waals surface area contributed by atoms with Gasteiger partial charge >= 0.3 is 5.97 Å². The average Bonchev–Trinajstić information content (AvgIpc) is 3.21. The number of hydrogen-bond donors (Lipinski definition) is 1. The molecule has 2 rings (SSSR count). The lowest BCUT2D eigenvalue weighted by molar-refractivity contribution is -0.148. The maximum atomic E-state index is 11.9. The van der Waals surface area contributed by atoms with Crippen molar-refractivity contribution in [3.8, 4) is 17.2 Å². The second kappa shape index (κ2) is 10.1. The van der Waals surface area contributed by atoms with E-state index in [0.29, 0.717) is 29.4 Å². The Labute approximate surface area is 157 Å². The number of esters is 1. The summed E-state index contributed by atoms with van der Waals surface area (Å²) in [6, 6.07) is 7.00. The second-order valence-electron chi connectivity index (χ2n) is 5.55. The molecule has 1 aromatic carbocycles. The van der Waals surface area contributed by atoms with Gasteiger partial charge in [0.2, 0.25) is 5.75 Å². The molecule has 1 amide bonds. The molecular weight excluding hydrogens is 354 g/mol. The smallest absolute Gasteiger partial charge is 0.306 e. The van der Waals surface area contributed by atoms with Crippen LogP contribution in [0.5, 0.6) is 17.2 Å². The molecule has 1 N–H and O–H groups in total. The molecule has 0 fully saturated rings. The Hall–Kier alpha value is -3.16. The predicted molar refractivity (Wildman–Crippen MR) is 95.9 cm³/mol. The molecule has 0 aliphatic rings. The zero-order valence-corrected chi connectivity index (χ0v) is 15.6. The van der Waals surface area contributed by atoms with Crippen LogP contribution in [-0.4, -0.2) is 39.8 Å². The van der Waals surface area contributed by atoms with E-state index in [2.05, 4.69) is 5.32 Å². The van der Waals surface area contributed by atoms with Gasteiger partial charge in [-0.25, -0.2) is 0 Å². The van der Waals surface area contributed by atoms with Gasteiger partial charge in [0.1, 0.15) is 5.76 Å². The summed E-state index contributed by atoms with van der Waals surface area (Å²) in [7, 11) is 4.57. The lowest BCUT2D eigenvalue weighted by Gasteiger charge is -2.14. The Balaban J connectivity index is 1.80. The summed E-state index contributed by atoms with van der Waals surface area (Å²) < 4.78 is 25.9. The number of methoxy groups -OCH3 is 3. The quantitative estimate of drug-likeness (QED) is 0.633. The minimum Gasteiger partial charge on any atom is -0.493 e. The Kier molecular flexibility index (Phi) is 7.54. The first kappa shape index (κ1) is 20.2. The summed E-state index contributed by atoms with van der Waals surface area (Å²) in [5.41, 5.74) is 0.823. The Morgan fingerprint density at radius 3 is 2.33 bits per heavy atom. The Morgan fingerprint density at radius 2 is 1.78 bits per heavy atom. The molecule has 0 radical (unpaired) electrons. The van der Waals surface area contributed by atoms with Crippen LogP contribution in [0.25, 0.3) is 0 Å². The predicted octanol–water partition coefficient (Wildman–Crippen LogP) is 2.10. The van der Waals surface area contributed by atoms with Gasteiger partial charge in [-0.1, -0.05) is 0 Å². The van der Waals surface area contributed by atoms with E-state index in [4.69, 9.17) is 23.4 Å². The van der Waals surface area contributed by atoms with Crippen molar-refractivity contribution in [2.75, 3.05) is 27.9 Å². The van der Waals surface area contributed by atoms with Crippen LogP contribution >= 0.6 is 0 Å². The lowest BCUT2D eigenvalue weighted by Crippen LogP contribution is -2.28. The van der Waals surface area contributed by atoms with E-state index in [1.165, 1.54) is 27.6 Å². The molecule has 146 valence electrons. The molecule has 0 saturated heterocycles. The highest BCUT2D eigenvalue weighted by molar-refractivity contribution is 5.80. The van der Waals surface area contributed by atoms with E-state index in [1.807, 2.05) is 0 Å². The molecule has 8 heteroatoms. The first-order valence-electron chi connectivity index (χ1n) is 8.31. The summed E-state index contributed by atoms with van der Waals surface area (Å²) in [6.07, 6.45) is 2.04. The van der Waals surface area contributed by atoms with Gasteiger partial charge in [0.05, 0.1) is 34.1 Å². The Bertz CT molecular complexity index is 730. The van der Waals surface area contributed by atoms with Crippen LogP contribution in [0.1, 0.15) is 17.7 Å². The summed E-state index contributed by atoms with van der Waals surface area (Å²) in [5, 5.41) is 2.60. The van der Waals surface area contributed by atoms with Gasteiger partial charge in [-0.15, -0.1) is 0 Å². The average molecular weight is 377 g/mol. The zero-order chi connectivity index (χ0) is 19.6. The first-order chi connectivity index (χ1) is 13.1. The summed E-state index contributed by atoms with van der Waals surface area (Å²) >= 11 is 0. The lowest BCUT2D eigenvalue weighted by atomic mass is 10.1. The van der Waals surface area contributed by atoms with Crippen molar-refractivity contribution < 1.29 is 33.0 Å². The van der Waals surface area contributed by atoms with Crippen LogP contribution in [0.15, 0.2) is 34.9 Å². The third-order valence-electron chi connectivity index (χ3n) is 3.75. The van der Waals surface area contributed by atoms with Crippen molar-refractivity contribution in [2.45, 2.75) is 19.4 Å². The first-order valence-corrected chi connectivity index (χ1v) is 8.31. The molecule has 0 aliphatic carbocycles. The minimum absolute atomic E-state index is 0.115. The topological polar surface area (TPSA) is 96.2 Å². The van der Waals surface area contributed by atoms with Crippen molar-refractivity contribution in [1.29, 1.82) is 0 Å². The van der Waals surface area contributed by atoms with Crippen LogP contribution in [0.2, 0.25) is 0 Å². The molecule has 1 aromatic heterocycles. The fraction of sp³-hybridized carbons (Fsp3) is 0.368. The van der Waals surface area contributed by atoms with E-state index >= 15 is 0 Å². The van der Waals surface area contributed by atoms with Crippen LogP contribution in [0.4, 0.5) is 0 Å². The fourth-order valence-electron chi connectivity index (χ4n) is 2.39. The number of rotatable bonds is 10. The molecule has 2 aromatic rings. The van der Waals surface area contributed by atoms with Gasteiger partial charge in [-0.2, -0.15) is 0 Å². The minimum atomic E-state index is -0.475. The van der Waals surface area contributed by atoms with Gasteiger partial charge < -0.3 is 28.7 Å². The van der Waals surface area contributed by atoms with Crippen LogP contribution in [-0.2, 0) is 27.3 Å². The highest BCUT2D eigenvalue weighted by atomic mass is 16.5.